The summed E-state index contributed by atoms with van der Waals surface area (Å²) in [5.74, 6) is 0.855. The molecule has 1 aliphatic heterocycles. The molecule has 1 N–H and O–H groups in total. The number of aliphatic carboxylic acids is 1. The largest absolute Gasteiger partial charge is 0.497 e. The average Bonchev–Trinajstić information content (AvgIpc) is 2.94. The predicted octanol–water partition coefficient (Wildman–Crippen LogP) is 4.25. The maximum atomic E-state index is 11.0. The number of carboxylic acids is 1. The van der Waals surface area contributed by atoms with Crippen LogP contribution in [0.1, 0.15) is 18.4 Å². The Balaban J connectivity index is 1.82. The molecule has 2 heterocycles. The predicted molar refractivity (Wildman–Crippen MR) is 99.9 cm³/mol. The third kappa shape index (κ3) is 2.69. The van der Waals surface area contributed by atoms with Crippen LogP contribution in [0.3, 0.4) is 0 Å². The number of carbonyl (C=O) groups is 1. The van der Waals surface area contributed by atoms with Crippen molar-refractivity contribution in [2.75, 3.05) is 7.11 Å². The molecule has 0 saturated heterocycles. The standard InChI is InChI=1S/C21H21NO4/c1-13-17-4-3-5-18-21(17)22(12-16(26-18)10-11-19(23)24)20(13)14-6-8-15(25-2)9-7-14/h3-9,16H,10-12H2,1-2H3,(H,23,24). The highest BCUT2D eigenvalue weighted by atomic mass is 16.5. The Morgan fingerprint density at radius 3 is 2.73 bits per heavy atom. The van der Waals surface area contributed by atoms with E-state index < -0.39 is 5.97 Å². The quantitative estimate of drug-likeness (QED) is 0.746. The van der Waals surface area contributed by atoms with Crippen molar-refractivity contribution in [3.63, 3.8) is 0 Å². The Morgan fingerprint density at radius 2 is 2.04 bits per heavy atom. The third-order valence-electron chi connectivity index (χ3n) is 5.02. The van der Waals surface area contributed by atoms with Crippen molar-refractivity contribution >= 4 is 16.9 Å². The first-order valence-electron chi connectivity index (χ1n) is 8.73. The van der Waals surface area contributed by atoms with Crippen LogP contribution in [0.4, 0.5) is 0 Å². The van der Waals surface area contributed by atoms with Gasteiger partial charge in [-0.3, -0.25) is 4.79 Å². The molecule has 5 heteroatoms. The number of carboxylic acid groups (broad SMARTS) is 1. The molecule has 0 fully saturated rings. The Labute approximate surface area is 151 Å². The van der Waals surface area contributed by atoms with Gasteiger partial charge in [0.2, 0.25) is 0 Å². The van der Waals surface area contributed by atoms with Gasteiger partial charge in [0.1, 0.15) is 17.6 Å². The fraction of sp³-hybridized carbons (Fsp3) is 0.286. The zero-order valence-corrected chi connectivity index (χ0v) is 14.9. The molecule has 0 spiro atoms. The maximum absolute atomic E-state index is 11.0. The van der Waals surface area contributed by atoms with E-state index in [-0.39, 0.29) is 12.5 Å². The van der Waals surface area contributed by atoms with Gasteiger partial charge in [0.05, 0.1) is 24.9 Å². The smallest absolute Gasteiger partial charge is 0.303 e. The number of aromatic nitrogens is 1. The molecule has 3 aromatic rings. The molecule has 1 aliphatic rings. The first-order valence-corrected chi connectivity index (χ1v) is 8.73. The van der Waals surface area contributed by atoms with Crippen molar-refractivity contribution in [1.29, 1.82) is 0 Å². The van der Waals surface area contributed by atoms with Crippen molar-refractivity contribution < 1.29 is 19.4 Å². The van der Waals surface area contributed by atoms with Crippen LogP contribution in [0.2, 0.25) is 0 Å². The third-order valence-corrected chi connectivity index (χ3v) is 5.02. The summed E-state index contributed by atoms with van der Waals surface area (Å²) in [4.78, 5) is 11.0. The lowest BCUT2D eigenvalue weighted by Gasteiger charge is -2.27. The summed E-state index contributed by atoms with van der Waals surface area (Å²) in [5.41, 5.74) is 4.56. The van der Waals surface area contributed by atoms with Gasteiger partial charge >= 0.3 is 5.97 Å². The molecule has 0 bridgehead atoms. The molecule has 134 valence electrons. The highest BCUT2D eigenvalue weighted by Crippen LogP contribution is 2.41. The molecule has 1 atom stereocenters. The molecule has 0 radical (unpaired) electrons. The van der Waals surface area contributed by atoms with E-state index in [1.807, 2.05) is 24.3 Å². The van der Waals surface area contributed by atoms with Crippen LogP contribution in [0.25, 0.3) is 22.2 Å². The minimum atomic E-state index is -0.795. The number of para-hydroxylation sites is 1. The minimum Gasteiger partial charge on any atom is -0.497 e. The monoisotopic (exact) mass is 351 g/mol. The van der Waals surface area contributed by atoms with Gasteiger partial charge in [0.25, 0.3) is 0 Å². The Bertz CT molecular complexity index is 972. The van der Waals surface area contributed by atoms with Crippen molar-refractivity contribution in [3.05, 3.63) is 48.0 Å². The van der Waals surface area contributed by atoms with E-state index >= 15 is 0 Å². The summed E-state index contributed by atoms with van der Waals surface area (Å²) >= 11 is 0. The first kappa shape index (κ1) is 16.5. The number of ether oxygens (including phenoxy) is 2. The molecule has 4 rings (SSSR count). The summed E-state index contributed by atoms with van der Waals surface area (Å²) in [5, 5.41) is 10.2. The summed E-state index contributed by atoms with van der Waals surface area (Å²) in [6.45, 7) is 2.77. The molecule has 0 amide bonds. The van der Waals surface area contributed by atoms with Gasteiger partial charge in [-0.15, -0.1) is 0 Å². The Kier molecular flexibility index (Phi) is 4.07. The summed E-state index contributed by atoms with van der Waals surface area (Å²) in [6.07, 6.45) is 0.450. The number of benzene rings is 2. The summed E-state index contributed by atoms with van der Waals surface area (Å²) in [7, 11) is 1.66. The van der Waals surface area contributed by atoms with Crippen molar-refractivity contribution in [3.8, 4) is 22.8 Å². The topological polar surface area (TPSA) is 60.7 Å². The molecule has 2 aromatic carbocycles. The second kappa shape index (κ2) is 6.41. The zero-order chi connectivity index (χ0) is 18.3. The molecular weight excluding hydrogens is 330 g/mol. The van der Waals surface area contributed by atoms with Crippen LogP contribution >= 0.6 is 0 Å². The molecule has 5 nitrogen and oxygen atoms in total. The minimum absolute atomic E-state index is 0.105. The zero-order valence-electron chi connectivity index (χ0n) is 14.9. The first-order chi connectivity index (χ1) is 12.6. The lowest BCUT2D eigenvalue weighted by Crippen LogP contribution is -2.28. The second-order valence-electron chi connectivity index (χ2n) is 6.64. The number of hydrogen-bond donors (Lipinski definition) is 1. The summed E-state index contributed by atoms with van der Waals surface area (Å²) in [6, 6.07) is 14.1. The lowest BCUT2D eigenvalue weighted by atomic mass is 10.1. The second-order valence-corrected chi connectivity index (χ2v) is 6.64. The van der Waals surface area contributed by atoms with E-state index in [0.717, 1.165) is 28.3 Å². The number of aryl methyl sites for hydroxylation is 1. The normalized spacial score (nSPS) is 15.7. The fourth-order valence-corrected chi connectivity index (χ4v) is 3.80. The Hall–Kier alpha value is -2.95. The molecule has 0 saturated carbocycles. The van der Waals surface area contributed by atoms with E-state index in [1.165, 1.54) is 10.9 Å². The molecule has 1 aromatic heterocycles. The van der Waals surface area contributed by atoms with E-state index in [2.05, 4.69) is 29.7 Å². The molecular formula is C21H21NO4. The summed E-state index contributed by atoms with van der Waals surface area (Å²) < 4.78 is 13.6. The fourth-order valence-electron chi connectivity index (χ4n) is 3.80. The van der Waals surface area contributed by atoms with Crippen LogP contribution < -0.4 is 9.47 Å². The van der Waals surface area contributed by atoms with E-state index in [0.29, 0.717) is 13.0 Å². The van der Waals surface area contributed by atoms with Crippen LogP contribution in [0.15, 0.2) is 42.5 Å². The van der Waals surface area contributed by atoms with Crippen LogP contribution in [0, 0.1) is 6.92 Å². The number of nitrogens with zero attached hydrogens (tertiary/aromatic N) is 1. The molecule has 26 heavy (non-hydrogen) atoms. The number of methoxy groups -OCH3 is 1. The lowest BCUT2D eigenvalue weighted by molar-refractivity contribution is -0.137. The molecule has 0 aliphatic carbocycles. The van der Waals surface area contributed by atoms with Crippen molar-refractivity contribution in [1.82, 2.24) is 4.57 Å². The van der Waals surface area contributed by atoms with Crippen molar-refractivity contribution in [2.24, 2.45) is 0 Å². The average molecular weight is 351 g/mol. The van der Waals surface area contributed by atoms with E-state index in [1.54, 1.807) is 7.11 Å². The van der Waals surface area contributed by atoms with Gasteiger partial charge in [-0.2, -0.15) is 0 Å². The van der Waals surface area contributed by atoms with Gasteiger partial charge in [-0.05, 0) is 54.8 Å². The molecule has 1 unspecified atom stereocenters. The van der Waals surface area contributed by atoms with Gasteiger partial charge < -0.3 is 19.1 Å². The number of hydrogen-bond acceptors (Lipinski definition) is 3. The van der Waals surface area contributed by atoms with Crippen LogP contribution in [0.5, 0.6) is 11.5 Å². The number of rotatable bonds is 5. The highest BCUT2D eigenvalue weighted by Gasteiger charge is 2.27. The van der Waals surface area contributed by atoms with Gasteiger partial charge in [-0.1, -0.05) is 12.1 Å². The maximum Gasteiger partial charge on any atom is 0.303 e. The van der Waals surface area contributed by atoms with Gasteiger partial charge in [-0.25, -0.2) is 0 Å². The van der Waals surface area contributed by atoms with E-state index in [4.69, 9.17) is 14.6 Å². The van der Waals surface area contributed by atoms with Crippen LogP contribution in [-0.4, -0.2) is 28.9 Å². The highest BCUT2D eigenvalue weighted by molar-refractivity contribution is 5.95. The SMILES string of the molecule is COc1ccc(-c2c(C)c3cccc4c3n2CC(CCC(=O)O)O4)cc1. The van der Waals surface area contributed by atoms with Crippen molar-refractivity contribution in [2.45, 2.75) is 32.4 Å². The van der Waals surface area contributed by atoms with E-state index in [9.17, 15) is 4.79 Å². The van der Waals surface area contributed by atoms with Gasteiger partial charge in [0.15, 0.2) is 0 Å². The Morgan fingerprint density at radius 1 is 1.27 bits per heavy atom. The van der Waals surface area contributed by atoms with Gasteiger partial charge in [0, 0.05) is 11.8 Å². The van der Waals surface area contributed by atoms with Crippen LogP contribution in [-0.2, 0) is 11.3 Å².